The molecule has 4 saturated carbocycles. The van der Waals surface area contributed by atoms with Gasteiger partial charge >= 0.3 is 0 Å². The number of benzene rings is 1. The van der Waals surface area contributed by atoms with Crippen LogP contribution in [-0.4, -0.2) is 52.6 Å². The normalized spacial score (nSPS) is 30.4. The third-order valence-electron chi connectivity index (χ3n) is 10.0. The number of likely N-dealkylation sites (tertiary alicyclic amines) is 1. The van der Waals surface area contributed by atoms with Gasteiger partial charge in [0.15, 0.2) is 0 Å². The minimum Gasteiger partial charge on any atom is -0.368 e. The molecule has 7 rings (SSSR count). The van der Waals surface area contributed by atoms with Crippen LogP contribution in [0, 0.1) is 34.5 Å². The predicted octanol–water partition coefficient (Wildman–Crippen LogP) is 5.68. The zero-order valence-corrected chi connectivity index (χ0v) is 24.1. The van der Waals surface area contributed by atoms with E-state index in [0.29, 0.717) is 52.4 Å². The van der Waals surface area contributed by atoms with Crippen molar-refractivity contribution >= 4 is 23.4 Å². The molecule has 1 saturated heterocycles. The second-order valence-corrected chi connectivity index (χ2v) is 13.3. The lowest BCUT2D eigenvalue weighted by Gasteiger charge is -2.61. The van der Waals surface area contributed by atoms with E-state index in [-0.39, 0.29) is 0 Å². The Morgan fingerprint density at radius 1 is 1.10 bits per heavy atom. The quantitative estimate of drug-likeness (QED) is 0.372. The Kier molecular flexibility index (Phi) is 7.72. The van der Waals surface area contributed by atoms with Crippen molar-refractivity contribution in [3.8, 4) is 6.07 Å². The van der Waals surface area contributed by atoms with Crippen LogP contribution in [0.3, 0.4) is 0 Å². The Bertz CT molecular complexity index is 1190. The third-order valence-corrected chi connectivity index (χ3v) is 10.4. The fraction of sp³-hybridized carbons (Fsp3) is 0.645. The minimum atomic E-state index is 0.304. The second kappa shape index (κ2) is 11.2. The van der Waals surface area contributed by atoms with Crippen molar-refractivity contribution in [3.63, 3.8) is 0 Å². The van der Waals surface area contributed by atoms with Gasteiger partial charge in [0.05, 0.1) is 6.20 Å². The highest BCUT2D eigenvalue weighted by Crippen LogP contribution is 2.60. The molecule has 0 spiro atoms. The fourth-order valence-corrected chi connectivity index (χ4v) is 8.51. The fourth-order valence-electron chi connectivity index (χ4n) is 8.31. The lowest BCUT2D eigenvalue weighted by atomic mass is 9.48. The van der Waals surface area contributed by atoms with E-state index < -0.39 is 0 Å². The molecular formula is C31H42ClN7. The van der Waals surface area contributed by atoms with E-state index in [2.05, 4.69) is 45.8 Å². The van der Waals surface area contributed by atoms with Crippen molar-refractivity contribution in [3.05, 3.63) is 46.6 Å². The van der Waals surface area contributed by atoms with E-state index in [1.54, 1.807) is 6.20 Å². The van der Waals surface area contributed by atoms with Gasteiger partial charge in [-0.25, -0.2) is 4.98 Å². The summed E-state index contributed by atoms with van der Waals surface area (Å²) in [6.45, 7) is 8.50. The number of nitriles is 1. The van der Waals surface area contributed by atoms with Gasteiger partial charge in [0.25, 0.3) is 0 Å². The molecule has 1 aromatic heterocycles. The molecule has 7 nitrogen and oxygen atoms in total. The van der Waals surface area contributed by atoms with E-state index in [9.17, 15) is 5.26 Å². The van der Waals surface area contributed by atoms with Crippen LogP contribution < -0.4 is 16.0 Å². The largest absolute Gasteiger partial charge is 0.368 e. The van der Waals surface area contributed by atoms with Gasteiger partial charge in [-0.2, -0.15) is 10.2 Å². The molecule has 208 valence electrons. The average Bonchev–Trinajstić information content (AvgIpc) is 2.93. The second-order valence-electron chi connectivity index (χ2n) is 12.9. The number of nitrogens with one attached hydrogen (secondary N) is 3. The van der Waals surface area contributed by atoms with Gasteiger partial charge in [0, 0.05) is 36.2 Å². The highest BCUT2D eigenvalue weighted by molar-refractivity contribution is 6.31. The van der Waals surface area contributed by atoms with Crippen molar-refractivity contribution in [1.29, 1.82) is 5.26 Å². The SMILES string of the molecule is CC(C)N1CCC(N[C@@H]2[C@@H]3CC4C[C@H]2C[C@@](CNc2nc(NCc5ccccc5Cl)ncc2C#N)(C4)C3)CC1. The Morgan fingerprint density at radius 2 is 1.85 bits per heavy atom. The summed E-state index contributed by atoms with van der Waals surface area (Å²) < 4.78 is 0. The van der Waals surface area contributed by atoms with Crippen LogP contribution in [-0.2, 0) is 6.54 Å². The van der Waals surface area contributed by atoms with E-state index in [4.69, 9.17) is 16.6 Å². The summed E-state index contributed by atoms with van der Waals surface area (Å²) in [6, 6.07) is 12.0. The molecule has 1 unspecified atom stereocenters. The molecule has 1 aliphatic heterocycles. The van der Waals surface area contributed by atoms with E-state index in [1.165, 1.54) is 58.0 Å². The molecule has 4 bridgehead atoms. The van der Waals surface area contributed by atoms with E-state index in [0.717, 1.165) is 29.9 Å². The molecule has 0 amide bonds. The van der Waals surface area contributed by atoms with Crippen LogP contribution in [0.1, 0.15) is 69.9 Å². The maximum absolute atomic E-state index is 9.73. The predicted molar refractivity (Wildman–Crippen MR) is 157 cm³/mol. The van der Waals surface area contributed by atoms with E-state index in [1.807, 2.05) is 24.3 Å². The van der Waals surface area contributed by atoms with Crippen molar-refractivity contribution in [1.82, 2.24) is 20.2 Å². The highest BCUT2D eigenvalue weighted by atomic mass is 35.5. The summed E-state index contributed by atoms with van der Waals surface area (Å²) in [7, 11) is 0. The van der Waals surface area contributed by atoms with Crippen LogP contribution in [0.15, 0.2) is 30.5 Å². The Balaban J connectivity index is 1.08. The van der Waals surface area contributed by atoms with Gasteiger partial charge in [-0.15, -0.1) is 0 Å². The molecular weight excluding hydrogens is 506 g/mol. The first-order valence-corrected chi connectivity index (χ1v) is 15.3. The van der Waals surface area contributed by atoms with Gasteiger partial charge in [-0.3, -0.25) is 0 Å². The zero-order valence-electron chi connectivity index (χ0n) is 23.3. The average molecular weight is 548 g/mol. The lowest BCUT2D eigenvalue weighted by Crippen LogP contribution is -2.62. The molecule has 2 heterocycles. The number of hydrogen-bond donors (Lipinski definition) is 3. The Morgan fingerprint density at radius 3 is 2.54 bits per heavy atom. The summed E-state index contributed by atoms with van der Waals surface area (Å²) in [5.74, 6) is 3.54. The molecule has 2 aromatic rings. The summed E-state index contributed by atoms with van der Waals surface area (Å²) >= 11 is 6.31. The van der Waals surface area contributed by atoms with Gasteiger partial charge in [-0.05, 0) is 107 Å². The van der Waals surface area contributed by atoms with E-state index >= 15 is 0 Å². The number of halogens is 1. The van der Waals surface area contributed by atoms with Crippen LogP contribution >= 0.6 is 11.6 Å². The Labute approximate surface area is 238 Å². The zero-order chi connectivity index (χ0) is 27.0. The van der Waals surface area contributed by atoms with Crippen molar-refractivity contribution < 1.29 is 0 Å². The summed E-state index contributed by atoms with van der Waals surface area (Å²) in [5, 5.41) is 21.5. The maximum atomic E-state index is 9.73. The first-order valence-electron chi connectivity index (χ1n) is 14.9. The molecule has 8 heteroatoms. The number of anilines is 2. The summed E-state index contributed by atoms with van der Waals surface area (Å²) in [6.07, 6.45) is 10.8. The van der Waals surface area contributed by atoms with Crippen LogP contribution in [0.2, 0.25) is 5.02 Å². The van der Waals surface area contributed by atoms with Crippen molar-refractivity contribution in [2.75, 3.05) is 30.3 Å². The lowest BCUT2D eigenvalue weighted by molar-refractivity contribution is -0.0736. The van der Waals surface area contributed by atoms with Gasteiger partial charge in [0.2, 0.25) is 5.95 Å². The number of nitrogens with zero attached hydrogens (tertiary/aromatic N) is 4. The van der Waals surface area contributed by atoms with Crippen LogP contribution in [0.25, 0.3) is 0 Å². The van der Waals surface area contributed by atoms with Gasteiger partial charge in [-0.1, -0.05) is 29.8 Å². The first kappa shape index (κ1) is 26.8. The highest BCUT2D eigenvalue weighted by Gasteiger charge is 2.55. The molecule has 5 fully saturated rings. The topological polar surface area (TPSA) is 88.9 Å². The number of hydrogen-bond acceptors (Lipinski definition) is 7. The third kappa shape index (κ3) is 5.75. The molecule has 5 aliphatic rings. The Hall–Kier alpha value is -2.40. The molecule has 4 aliphatic carbocycles. The molecule has 39 heavy (non-hydrogen) atoms. The van der Waals surface area contributed by atoms with Crippen molar-refractivity contribution in [2.45, 2.75) is 83.5 Å². The summed E-state index contributed by atoms with van der Waals surface area (Å²) in [5.41, 5.74) is 1.79. The monoisotopic (exact) mass is 547 g/mol. The number of aromatic nitrogens is 2. The number of piperidine rings is 1. The molecule has 1 aromatic carbocycles. The van der Waals surface area contributed by atoms with Gasteiger partial charge < -0.3 is 20.9 Å². The van der Waals surface area contributed by atoms with Crippen LogP contribution in [0.5, 0.6) is 0 Å². The summed E-state index contributed by atoms with van der Waals surface area (Å²) in [4.78, 5) is 11.7. The standard InChI is InChI=1S/C31H42ClN7/c1-20(2)39-9-7-26(8-10-39)37-28-23-11-21-12-24(28)15-31(13-21,14-23)19-36-29-25(16-33)18-35-30(38-29)34-17-22-5-3-4-6-27(22)32/h3-6,18,20-21,23-24,26,28,37H,7-15,17,19H2,1-2H3,(H2,34,35,36,38)/t21?,23-,24+,28-,31-. The molecule has 5 atom stereocenters. The number of rotatable bonds is 9. The molecule has 3 N–H and O–H groups in total. The molecule has 0 radical (unpaired) electrons. The van der Waals surface area contributed by atoms with Crippen LogP contribution in [0.4, 0.5) is 11.8 Å². The minimum absolute atomic E-state index is 0.304. The maximum Gasteiger partial charge on any atom is 0.224 e. The van der Waals surface area contributed by atoms with Crippen molar-refractivity contribution in [2.24, 2.45) is 23.2 Å². The smallest absolute Gasteiger partial charge is 0.224 e. The van der Waals surface area contributed by atoms with Gasteiger partial charge in [0.1, 0.15) is 17.5 Å². The first-order chi connectivity index (χ1) is 18.9.